The van der Waals surface area contributed by atoms with Crippen LogP contribution in [-0.4, -0.2) is 22.2 Å². The zero-order valence-corrected chi connectivity index (χ0v) is 10.6. The minimum Gasteiger partial charge on any atom is -0.437 e. The standard InChI is InChI=1S/C11H16N2O2S/c1-6-7(2)15-11(12-6)16-8(3)10(14)13-9-4-5-9/h8-9H,4-5H2,1-3H3,(H,13,14). The minimum absolute atomic E-state index is 0.0704. The number of hydrogen-bond donors (Lipinski definition) is 1. The Bertz CT molecular complexity index is 379. The molecule has 1 aromatic rings. The maximum absolute atomic E-state index is 11.7. The van der Waals surface area contributed by atoms with E-state index < -0.39 is 0 Å². The van der Waals surface area contributed by atoms with Gasteiger partial charge in [-0.1, -0.05) is 11.8 Å². The predicted molar refractivity (Wildman–Crippen MR) is 62.5 cm³/mol. The average molecular weight is 240 g/mol. The van der Waals surface area contributed by atoms with Crippen molar-refractivity contribution in [2.45, 2.75) is 50.1 Å². The first-order valence-electron chi connectivity index (χ1n) is 5.47. The maximum Gasteiger partial charge on any atom is 0.256 e. The summed E-state index contributed by atoms with van der Waals surface area (Å²) in [6.07, 6.45) is 2.22. The molecule has 1 saturated carbocycles. The van der Waals surface area contributed by atoms with Crippen LogP contribution in [0.1, 0.15) is 31.2 Å². The Morgan fingerprint density at radius 1 is 1.56 bits per heavy atom. The molecule has 0 saturated heterocycles. The van der Waals surface area contributed by atoms with Gasteiger partial charge >= 0.3 is 0 Å². The highest BCUT2D eigenvalue weighted by atomic mass is 32.2. The molecule has 16 heavy (non-hydrogen) atoms. The summed E-state index contributed by atoms with van der Waals surface area (Å²) in [5.74, 6) is 0.887. The zero-order chi connectivity index (χ0) is 11.7. The largest absolute Gasteiger partial charge is 0.437 e. The molecule has 4 nitrogen and oxygen atoms in total. The van der Waals surface area contributed by atoms with Gasteiger partial charge in [0.1, 0.15) is 5.76 Å². The van der Waals surface area contributed by atoms with Gasteiger partial charge in [-0.2, -0.15) is 0 Å². The first-order valence-corrected chi connectivity index (χ1v) is 6.35. The van der Waals surface area contributed by atoms with E-state index in [1.807, 2.05) is 20.8 Å². The third kappa shape index (κ3) is 2.78. The summed E-state index contributed by atoms with van der Waals surface area (Å²) in [5.41, 5.74) is 0.886. The number of thioether (sulfide) groups is 1. The summed E-state index contributed by atoms with van der Waals surface area (Å²) in [7, 11) is 0. The fraction of sp³-hybridized carbons (Fsp3) is 0.636. The lowest BCUT2D eigenvalue weighted by Crippen LogP contribution is -2.32. The summed E-state index contributed by atoms with van der Waals surface area (Å²) < 4.78 is 5.43. The van der Waals surface area contributed by atoms with Crippen LogP contribution in [0.2, 0.25) is 0 Å². The number of carbonyl (C=O) groups excluding carboxylic acids is 1. The van der Waals surface area contributed by atoms with Crippen molar-refractivity contribution in [2.24, 2.45) is 0 Å². The lowest BCUT2D eigenvalue weighted by Gasteiger charge is -2.08. The van der Waals surface area contributed by atoms with Gasteiger partial charge in [0, 0.05) is 6.04 Å². The molecule has 1 atom stereocenters. The van der Waals surface area contributed by atoms with E-state index in [0.29, 0.717) is 11.3 Å². The summed E-state index contributed by atoms with van der Waals surface area (Å²) in [6, 6.07) is 0.406. The fourth-order valence-corrected chi connectivity index (χ4v) is 2.08. The van der Waals surface area contributed by atoms with Gasteiger partial charge < -0.3 is 9.73 Å². The molecule has 88 valence electrons. The number of carbonyl (C=O) groups is 1. The Hall–Kier alpha value is -0.970. The molecule has 2 rings (SSSR count). The van der Waals surface area contributed by atoms with E-state index in [1.165, 1.54) is 11.8 Å². The van der Waals surface area contributed by atoms with Crippen molar-refractivity contribution in [3.8, 4) is 0 Å². The molecule has 0 aromatic carbocycles. The average Bonchev–Trinajstić information content (AvgIpc) is 2.95. The molecule has 0 aliphatic heterocycles. The van der Waals surface area contributed by atoms with Crippen LogP contribution in [-0.2, 0) is 4.79 Å². The first-order chi connectivity index (χ1) is 7.56. The number of nitrogens with zero attached hydrogens (tertiary/aromatic N) is 1. The third-order valence-corrected chi connectivity index (χ3v) is 3.52. The van der Waals surface area contributed by atoms with Crippen LogP contribution < -0.4 is 5.32 Å². The molecular weight excluding hydrogens is 224 g/mol. The maximum atomic E-state index is 11.7. The number of aromatic nitrogens is 1. The molecule has 1 heterocycles. The van der Waals surface area contributed by atoms with E-state index in [1.54, 1.807) is 0 Å². The SMILES string of the molecule is Cc1nc(SC(C)C(=O)NC2CC2)oc1C. The van der Waals surface area contributed by atoms with Crippen LogP contribution in [0.3, 0.4) is 0 Å². The van der Waals surface area contributed by atoms with Crippen molar-refractivity contribution in [3.63, 3.8) is 0 Å². The highest BCUT2D eigenvalue weighted by Crippen LogP contribution is 2.26. The van der Waals surface area contributed by atoms with Gasteiger partial charge in [0.15, 0.2) is 0 Å². The Kier molecular flexibility index (Phi) is 3.23. The second kappa shape index (κ2) is 4.49. The highest BCUT2D eigenvalue weighted by Gasteiger charge is 2.26. The van der Waals surface area contributed by atoms with E-state index in [4.69, 9.17) is 4.42 Å². The van der Waals surface area contributed by atoms with Crippen LogP contribution in [0, 0.1) is 13.8 Å². The van der Waals surface area contributed by atoms with Gasteiger partial charge in [-0.15, -0.1) is 0 Å². The quantitative estimate of drug-likeness (QED) is 0.818. The van der Waals surface area contributed by atoms with E-state index in [2.05, 4.69) is 10.3 Å². The van der Waals surface area contributed by atoms with Gasteiger partial charge in [-0.3, -0.25) is 4.79 Å². The smallest absolute Gasteiger partial charge is 0.256 e. The van der Waals surface area contributed by atoms with Crippen molar-refractivity contribution in [2.75, 3.05) is 0 Å². The van der Waals surface area contributed by atoms with E-state index in [9.17, 15) is 4.79 Å². The third-order valence-electron chi connectivity index (χ3n) is 2.58. The molecule has 5 heteroatoms. The summed E-state index contributed by atoms with van der Waals surface area (Å²) in [4.78, 5) is 15.9. The summed E-state index contributed by atoms with van der Waals surface area (Å²) in [5, 5.41) is 3.39. The summed E-state index contributed by atoms with van der Waals surface area (Å²) >= 11 is 1.37. The molecule has 0 spiro atoms. The van der Waals surface area contributed by atoms with Crippen LogP contribution in [0.25, 0.3) is 0 Å². The second-order valence-corrected chi connectivity index (χ2v) is 5.46. The predicted octanol–water partition coefficient (Wildman–Crippen LogP) is 2.05. The fourth-order valence-electron chi connectivity index (χ4n) is 1.24. The normalized spacial score (nSPS) is 17.2. The molecule has 1 aliphatic rings. The van der Waals surface area contributed by atoms with Crippen molar-refractivity contribution in [3.05, 3.63) is 11.5 Å². The number of hydrogen-bond acceptors (Lipinski definition) is 4. The second-order valence-electron chi connectivity index (χ2n) is 4.16. The van der Waals surface area contributed by atoms with Crippen LogP contribution in [0.15, 0.2) is 9.64 Å². The number of oxazole rings is 1. The van der Waals surface area contributed by atoms with Gasteiger partial charge in [-0.05, 0) is 33.6 Å². The Morgan fingerprint density at radius 2 is 2.25 bits per heavy atom. The van der Waals surface area contributed by atoms with Gasteiger partial charge in [0.05, 0.1) is 10.9 Å². The first kappa shape index (κ1) is 11.5. The number of rotatable bonds is 4. The van der Waals surface area contributed by atoms with Crippen molar-refractivity contribution in [1.82, 2.24) is 10.3 Å². The van der Waals surface area contributed by atoms with Crippen molar-refractivity contribution in [1.29, 1.82) is 0 Å². The zero-order valence-electron chi connectivity index (χ0n) is 9.74. The van der Waals surface area contributed by atoms with Gasteiger partial charge in [0.25, 0.3) is 5.22 Å². The van der Waals surface area contributed by atoms with Gasteiger partial charge in [0.2, 0.25) is 5.91 Å². The number of aryl methyl sites for hydroxylation is 2. The molecule has 0 radical (unpaired) electrons. The molecule has 1 aliphatic carbocycles. The van der Waals surface area contributed by atoms with Crippen LogP contribution in [0.5, 0.6) is 0 Å². The molecule has 0 bridgehead atoms. The van der Waals surface area contributed by atoms with E-state index in [0.717, 1.165) is 24.3 Å². The molecule has 1 amide bonds. The van der Waals surface area contributed by atoms with Crippen LogP contribution >= 0.6 is 11.8 Å². The minimum atomic E-state index is -0.155. The number of nitrogens with one attached hydrogen (secondary N) is 1. The van der Waals surface area contributed by atoms with E-state index >= 15 is 0 Å². The Labute approximate surface area is 99.2 Å². The molecular formula is C11H16N2O2S. The molecule has 1 aromatic heterocycles. The monoisotopic (exact) mass is 240 g/mol. The van der Waals surface area contributed by atoms with Crippen molar-refractivity contribution < 1.29 is 9.21 Å². The van der Waals surface area contributed by atoms with Crippen LogP contribution in [0.4, 0.5) is 0 Å². The topological polar surface area (TPSA) is 55.1 Å². The Morgan fingerprint density at radius 3 is 2.75 bits per heavy atom. The lowest BCUT2D eigenvalue weighted by molar-refractivity contribution is -0.120. The number of amides is 1. The molecule has 1 fully saturated rings. The Balaban J connectivity index is 1.90. The highest BCUT2D eigenvalue weighted by molar-refractivity contribution is 8.00. The van der Waals surface area contributed by atoms with E-state index in [-0.39, 0.29) is 11.2 Å². The van der Waals surface area contributed by atoms with Gasteiger partial charge in [-0.25, -0.2) is 4.98 Å². The molecule has 1 unspecified atom stereocenters. The molecule has 1 N–H and O–H groups in total. The summed E-state index contributed by atoms with van der Waals surface area (Å²) in [6.45, 7) is 5.65. The van der Waals surface area contributed by atoms with Crippen molar-refractivity contribution >= 4 is 17.7 Å². The lowest BCUT2D eigenvalue weighted by atomic mass is 10.4.